The van der Waals surface area contributed by atoms with Gasteiger partial charge in [-0.1, -0.05) is 0 Å². The summed E-state index contributed by atoms with van der Waals surface area (Å²) in [6.45, 7) is 0.415. The predicted octanol–water partition coefficient (Wildman–Crippen LogP) is 2.10. The lowest BCUT2D eigenvalue weighted by molar-refractivity contribution is -0.137. The Morgan fingerprint density at radius 1 is 1.24 bits per heavy atom. The number of sulfonamides is 1. The summed E-state index contributed by atoms with van der Waals surface area (Å²) in [5, 5.41) is 9.12. The monoisotopic (exact) mass is 323 g/mol. The van der Waals surface area contributed by atoms with E-state index in [1.807, 2.05) is 0 Å². The molecule has 1 saturated heterocycles. The molecule has 118 valence electrons. The molecule has 0 spiro atoms. The highest BCUT2D eigenvalue weighted by atomic mass is 32.2. The summed E-state index contributed by atoms with van der Waals surface area (Å²) in [6.07, 6.45) is -3.12. The average molecular weight is 323 g/mol. The summed E-state index contributed by atoms with van der Waals surface area (Å²) < 4.78 is 63.4. The van der Waals surface area contributed by atoms with Gasteiger partial charge in [-0.3, -0.25) is 0 Å². The van der Waals surface area contributed by atoms with Crippen LogP contribution in [0.3, 0.4) is 0 Å². The molecule has 1 N–H and O–H groups in total. The SMILES string of the molecule is O=S(=O)(c1ccc(C(F)(F)F)cc1)N1CCCC(CO)C1. The fourth-order valence-corrected chi connectivity index (χ4v) is 3.91. The number of alkyl halides is 3. The number of nitrogens with zero attached hydrogens (tertiary/aromatic N) is 1. The minimum atomic E-state index is -4.49. The molecule has 8 heteroatoms. The van der Waals surface area contributed by atoms with Crippen LogP contribution >= 0.6 is 0 Å². The Bertz CT molecular complexity index is 584. The Morgan fingerprint density at radius 3 is 2.38 bits per heavy atom. The van der Waals surface area contributed by atoms with E-state index in [-0.39, 0.29) is 24.0 Å². The molecule has 1 heterocycles. The fraction of sp³-hybridized carbons (Fsp3) is 0.538. The van der Waals surface area contributed by atoms with Crippen molar-refractivity contribution in [3.05, 3.63) is 29.8 Å². The first-order chi connectivity index (χ1) is 9.75. The number of rotatable bonds is 3. The van der Waals surface area contributed by atoms with Crippen LogP contribution in [0.4, 0.5) is 13.2 Å². The minimum absolute atomic E-state index is 0.0982. The van der Waals surface area contributed by atoms with Gasteiger partial charge in [0.1, 0.15) is 0 Å². The van der Waals surface area contributed by atoms with Crippen molar-refractivity contribution in [2.75, 3.05) is 19.7 Å². The second-order valence-corrected chi connectivity index (χ2v) is 7.01. The lowest BCUT2D eigenvalue weighted by Crippen LogP contribution is -2.40. The molecule has 1 aliphatic heterocycles. The molecule has 4 nitrogen and oxygen atoms in total. The van der Waals surface area contributed by atoms with E-state index in [1.54, 1.807) is 0 Å². The van der Waals surface area contributed by atoms with Crippen molar-refractivity contribution in [2.45, 2.75) is 23.9 Å². The van der Waals surface area contributed by atoms with Gasteiger partial charge in [-0.05, 0) is 43.0 Å². The van der Waals surface area contributed by atoms with Gasteiger partial charge in [0.05, 0.1) is 10.5 Å². The predicted molar refractivity (Wildman–Crippen MR) is 70.0 cm³/mol. The Kier molecular flexibility index (Phi) is 4.60. The largest absolute Gasteiger partial charge is 0.416 e. The van der Waals surface area contributed by atoms with Crippen molar-refractivity contribution in [2.24, 2.45) is 5.92 Å². The maximum absolute atomic E-state index is 12.5. The smallest absolute Gasteiger partial charge is 0.396 e. The van der Waals surface area contributed by atoms with Crippen LogP contribution in [-0.2, 0) is 16.2 Å². The standard InChI is InChI=1S/C13H16F3NO3S/c14-13(15,16)11-3-5-12(6-4-11)21(19,20)17-7-1-2-10(8-17)9-18/h3-6,10,18H,1-2,7-9H2. The second kappa shape index (κ2) is 5.94. The van der Waals surface area contributed by atoms with Gasteiger partial charge in [0.15, 0.2) is 0 Å². The number of aliphatic hydroxyl groups is 1. The number of halogens is 3. The molecule has 1 fully saturated rings. The first-order valence-electron chi connectivity index (χ1n) is 6.53. The highest BCUT2D eigenvalue weighted by Gasteiger charge is 2.33. The van der Waals surface area contributed by atoms with Crippen LogP contribution in [0.25, 0.3) is 0 Å². The summed E-state index contributed by atoms with van der Waals surface area (Å²) in [7, 11) is -3.81. The third kappa shape index (κ3) is 3.56. The lowest BCUT2D eigenvalue weighted by Gasteiger charge is -2.31. The Labute approximate surface area is 121 Å². The Morgan fingerprint density at radius 2 is 1.86 bits per heavy atom. The Hall–Kier alpha value is -1.12. The van der Waals surface area contributed by atoms with E-state index >= 15 is 0 Å². The van der Waals surface area contributed by atoms with Gasteiger partial charge in [-0.2, -0.15) is 17.5 Å². The molecule has 2 rings (SSSR count). The molecule has 0 aliphatic carbocycles. The van der Waals surface area contributed by atoms with Gasteiger partial charge >= 0.3 is 6.18 Å². The molecule has 0 saturated carbocycles. The van der Waals surface area contributed by atoms with Crippen molar-refractivity contribution in [1.82, 2.24) is 4.31 Å². The zero-order valence-electron chi connectivity index (χ0n) is 11.2. The normalized spacial score (nSPS) is 21.4. The molecular weight excluding hydrogens is 307 g/mol. The molecule has 0 amide bonds. The summed E-state index contributed by atoms with van der Waals surface area (Å²) >= 11 is 0. The molecule has 0 radical (unpaired) electrons. The van der Waals surface area contributed by atoms with Crippen LogP contribution in [0.2, 0.25) is 0 Å². The van der Waals surface area contributed by atoms with Gasteiger partial charge < -0.3 is 5.11 Å². The van der Waals surface area contributed by atoms with Crippen LogP contribution in [-0.4, -0.2) is 37.5 Å². The van der Waals surface area contributed by atoms with E-state index in [9.17, 15) is 21.6 Å². The van der Waals surface area contributed by atoms with Gasteiger partial charge in [0.25, 0.3) is 0 Å². The van der Waals surface area contributed by atoms with Crippen LogP contribution in [0.15, 0.2) is 29.2 Å². The number of benzene rings is 1. The topological polar surface area (TPSA) is 57.6 Å². The third-order valence-electron chi connectivity index (χ3n) is 3.56. The molecule has 21 heavy (non-hydrogen) atoms. The number of hydrogen-bond donors (Lipinski definition) is 1. The highest BCUT2D eigenvalue weighted by Crippen LogP contribution is 2.30. The molecule has 1 aromatic carbocycles. The van der Waals surface area contributed by atoms with E-state index < -0.39 is 21.8 Å². The van der Waals surface area contributed by atoms with E-state index in [1.165, 1.54) is 4.31 Å². The molecule has 0 aromatic heterocycles. The third-order valence-corrected chi connectivity index (χ3v) is 5.44. The zero-order chi connectivity index (χ0) is 15.7. The van der Waals surface area contributed by atoms with E-state index in [0.29, 0.717) is 13.0 Å². The molecule has 1 atom stereocenters. The van der Waals surface area contributed by atoms with E-state index in [2.05, 4.69) is 0 Å². The number of aliphatic hydroxyl groups excluding tert-OH is 1. The van der Waals surface area contributed by atoms with Gasteiger partial charge in [0, 0.05) is 19.7 Å². The number of piperidine rings is 1. The van der Waals surface area contributed by atoms with E-state index in [4.69, 9.17) is 5.11 Å². The van der Waals surface area contributed by atoms with Crippen LogP contribution in [0.5, 0.6) is 0 Å². The lowest BCUT2D eigenvalue weighted by atomic mass is 10.0. The maximum atomic E-state index is 12.5. The fourth-order valence-electron chi connectivity index (χ4n) is 2.36. The first kappa shape index (κ1) is 16.3. The molecule has 1 aromatic rings. The zero-order valence-corrected chi connectivity index (χ0v) is 12.0. The van der Waals surface area contributed by atoms with Gasteiger partial charge in [0.2, 0.25) is 10.0 Å². The molecular formula is C13H16F3NO3S. The quantitative estimate of drug-likeness (QED) is 0.927. The molecule has 1 aliphatic rings. The van der Waals surface area contributed by atoms with Crippen molar-refractivity contribution in [1.29, 1.82) is 0 Å². The van der Waals surface area contributed by atoms with Crippen molar-refractivity contribution < 1.29 is 26.7 Å². The van der Waals surface area contributed by atoms with Crippen molar-refractivity contribution >= 4 is 10.0 Å². The van der Waals surface area contributed by atoms with Gasteiger partial charge in [-0.15, -0.1) is 0 Å². The van der Waals surface area contributed by atoms with E-state index in [0.717, 1.165) is 30.7 Å². The summed E-state index contributed by atoms with van der Waals surface area (Å²) in [5.41, 5.74) is -0.881. The number of hydrogen-bond acceptors (Lipinski definition) is 3. The van der Waals surface area contributed by atoms with Crippen LogP contribution in [0.1, 0.15) is 18.4 Å². The molecule has 1 unspecified atom stereocenters. The van der Waals surface area contributed by atoms with Crippen LogP contribution < -0.4 is 0 Å². The molecule has 0 bridgehead atoms. The van der Waals surface area contributed by atoms with Gasteiger partial charge in [-0.25, -0.2) is 8.42 Å². The average Bonchev–Trinajstić information content (AvgIpc) is 2.46. The first-order valence-corrected chi connectivity index (χ1v) is 7.97. The minimum Gasteiger partial charge on any atom is -0.396 e. The maximum Gasteiger partial charge on any atom is 0.416 e. The van der Waals surface area contributed by atoms with Crippen LogP contribution in [0, 0.1) is 5.92 Å². The summed E-state index contributed by atoms with van der Waals surface area (Å²) in [6, 6.07) is 3.47. The van der Waals surface area contributed by atoms with Crippen molar-refractivity contribution in [3.8, 4) is 0 Å². The van der Waals surface area contributed by atoms with Crippen molar-refractivity contribution in [3.63, 3.8) is 0 Å². The Balaban J connectivity index is 2.23. The summed E-state index contributed by atoms with van der Waals surface area (Å²) in [4.78, 5) is -0.158. The highest BCUT2D eigenvalue weighted by molar-refractivity contribution is 7.89. The second-order valence-electron chi connectivity index (χ2n) is 5.08. The summed E-state index contributed by atoms with van der Waals surface area (Å²) in [5.74, 6) is -0.122.